The Morgan fingerprint density at radius 1 is 1.38 bits per heavy atom. The van der Waals surface area contributed by atoms with Crippen LogP contribution in [-0.2, 0) is 15.6 Å². The van der Waals surface area contributed by atoms with Crippen molar-refractivity contribution in [3.63, 3.8) is 0 Å². The molecule has 0 aromatic heterocycles. The van der Waals surface area contributed by atoms with Gasteiger partial charge in [-0.05, 0) is 19.3 Å². The molecule has 2 N–H and O–H groups in total. The Bertz CT molecular complexity index is 398. The lowest BCUT2D eigenvalue weighted by molar-refractivity contribution is -0.127. The van der Waals surface area contributed by atoms with Gasteiger partial charge < -0.3 is 15.5 Å². The molecule has 0 heterocycles. The van der Waals surface area contributed by atoms with Crippen molar-refractivity contribution in [2.24, 2.45) is 4.99 Å². The fraction of sp³-hybridized carbons (Fsp3) is 0.857. The highest BCUT2D eigenvalue weighted by atomic mass is 32.2. The summed E-state index contributed by atoms with van der Waals surface area (Å²) in [4.78, 5) is 17.3. The largest absolute Gasteiger partial charge is 0.354 e. The number of carbonyl (C=O) groups excluding carboxylic acids is 1. The Balaban J connectivity index is 2.46. The second-order valence-corrected chi connectivity index (χ2v) is 7.52. The average Bonchev–Trinajstić information content (AvgIpc) is 2.50. The van der Waals surface area contributed by atoms with E-state index in [1.807, 2.05) is 6.92 Å². The predicted molar refractivity (Wildman–Crippen MR) is 87.9 cm³/mol. The number of rotatable bonds is 5. The molecule has 3 atom stereocenters. The van der Waals surface area contributed by atoms with Crippen LogP contribution in [0.5, 0.6) is 0 Å². The SMILES string of the molecule is CCS(=O)C1CCCC(NC(=NC)NCC(=O)N(C)C)C1. The van der Waals surface area contributed by atoms with Crippen molar-refractivity contribution in [3.8, 4) is 0 Å². The number of hydrogen-bond donors (Lipinski definition) is 2. The van der Waals surface area contributed by atoms with Gasteiger partial charge in [-0.25, -0.2) is 0 Å². The van der Waals surface area contributed by atoms with Crippen LogP contribution >= 0.6 is 0 Å². The van der Waals surface area contributed by atoms with Gasteiger partial charge in [-0.3, -0.25) is 14.0 Å². The molecule has 0 radical (unpaired) electrons. The van der Waals surface area contributed by atoms with Crippen molar-refractivity contribution in [3.05, 3.63) is 0 Å². The summed E-state index contributed by atoms with van der Waals surface area (Å²) in [5, 5.41) is 6.65. The van der Waals surface area contributed by atoms with Crippen LogP contribution in [0.25, 0.3) is 0 Å². The third-order valence-corrected chi connectivity index (χ3v) is 5.49. The van der Waals surface area contributed by atoms with Crippen LogP contribution in [0.3, 0.4) is 0 Å². The molecule has 1 rings (SSSR count). The van der Waals surface area contributed by atoms with Gasteiger partial charge in [0.05, 0.1) is 6.54 Å². The zero-order chi connectivity index (χ0) is 15.8. The first kappa shape index (κ1) is 17.9. The van der Waals surface area contributed by atoms with Crippen molar-refractivity contribution in [1.29, 1.82) is 0 Å². The highest BCUT2D eigenvalue weighted by Crippen LogP contribution is 2.22. The minimum Gasteiger partial charge on any atom is -0.354 e. The Hall–Kier alpha value is -1.11. The highest BCUT2D eigenvalue weighted by molar-refractivity contribution is 7.85. The van der Waals surface area contributed by atoms with Crippen LogP contribution in [0.15, 0.2) is 4.99 Å². The first-order chi connectivity index (χ1) is 9.97. The second kappa shape index (κ2) is 9.02. The van der Waals surface area contributed by atoms with Crippen LogP contribution in [0.1, 0.15) is 32.6 Å². The zero-order valence-electron chi connectivity index (χ0n) is 13.5. The summed E-state index contributed by atoms with van der Waals surface area (Å²) < 4.78 is 11.9. The van der Waals surface area contributed by atoms with E-state index in [1.165, 1.54) is 0 Å². The van der Waals surface area contributed by atoms with Gasteiger partial charge in [-0.1, -0.05) is 13.3 Å². The molecule has 1 fully saturated rings. The first-order valence-corrected chi connectivity index (χ1v) is 8.90. The van der Waals surface area contributed by atoms with Crippen LogP contribution in [-0.4, -0.2) is 65.7 Å². The monoisotopic (exact) mass is 316 g/mol. The van der Waals surface area contributed by atoms with Crippen LogP contribution in [0, 0.1) is 0 Å². The number of amides is 1. The van der Waals surface area contributed by atoms with Gasteiger partial charge in [-0.15, -0.1) is 0 Å². The number of hydrogen-bond acceptors (Lipinski definition) is 3. The minimum absolute atomic E-state index is 0.00607. The van der Waals surface area contributed by atoms with Crippen molar-refractivity contribution in [2.75, 3.05) is 33.4 Å². The Labute approximate surface area is 130 Å². The van der Waals surface area contributed by atoms with Gasteiger partial charge in [0, 0.05) is 49.0 Å². The fourth-order valence-electron chi connectivity index (χ4n) is 2.46. The second-order valence-electron chi connectivity index (χ2n) is 5.51. The molecule has 0 spiro atoms. The molecule has 0 saturated heterocycles. The molecule has 1 aliphatic carbocycles. The molecule has 0 aliphatic heterocycles. The van der Waals surface area contributed by atoms with Crippen molar-refractivity contribution in [2.45, 2.75) is 43.9 Å². The smallest absolute Gasteiger partial charge is 0.241 e. The van der Waals surface area contributed by atoms with E-state index in [1.54, 1.807) is 26.0 Å². The van der Waals surface area contributed by atoms with Crippen LogP contribution in [0.2, 0.25) is 0 Å². The standard InChI is InChI=1S/C14H28N4O2S/c1-5-21(20)12-8-6-7-11(9-12)17-14(15-2)16-10-13(19)18(3)4/h11-12H,5-10H2,1-4H3,(H2,15,16,17). The van der Waals surface area contributed by atoms with E-state index in [4.69, 9.17) is 0 Å². The van der Waals surface area contributed by atoms with Gasteiger partial charge in [0.2, 0.25) is 5.91 Å². The van der Waals surface area contributed by atoms with Crippen molar-refractivity contribution in [1.82, 2.24) is 15.5 Å². The summed E-state index contributed by atoms with van der Waals surface area (Å²) in [7, 11) is 4.42. The van der Waals surface area contributed by atoms with Gasteiger partial charge in [-0.2, -0.15) is 0 Å². The molecule has 0 aromatic carbocycles. The third kappa shape index (κ3) is 6.03. The molecule has 0 aromatic rings. The maximum Gasteiger partial charge on any atom is 0.241 e. The van der Waals surface area contributed by atoms with Gasteiger partial charge >= 0.3 is 0 Å². The summed E-state index contributed by atoms with van der Waals surface area (Å²) >= 11 is 0. The number of carbonyl (C=O) groups is 1. The zero-order valence-corrected chi connectivity index (χ0v) is 14.3. The predicted octanol–water partition coefficient (Wildman–Crippen LogP) is 0.319. The molecule has 1 saturated carbocycles. The summed E-state index contributed by atoms with van der Waals surface area (Å²) in [6, 6.07) is 0.278. The van der Waals surface area contributed by atoms with Gasteiger partial charge in [0.25, 0.3) is 0 Å². The quantitative estimate of drug-likeness (QED) is 0.566. The number of guanidine groups is 1. The van der Waals surface area contributed by atoms with E-state index in [-0.39, 0.29) is 23.7 Å². The molecule has 1 amide bonds. The lowest BCUT2D eigenvalue weighted by atomic mass is 9.95. The number of likely N-dealkylation sites (N-methyl/N-ethyl adjacent to an activating group) is 1. The van der Waals surface area contributed by atoms with E-state index < -0.39 is 10.8 Å². The Morgan fingerprint density at radius 3 is 2.67 bits per heavy atom. The summed E-state index contributed by atoms with van der Waals surface area (Å²) in [5.74, 6) is 1.37. The maximum atomic E-state index is 11.9. The van der Waals surface area contributed by atoms with E-state index in [0.29, 0.717) is 5.96 Å². The van der Waals surface area contributed by atoms with E-state index in [9.17, 15) is 9.00 Å². The van der Waals surface area contributed by atoms with E-state index in [2.05, 4.69) is 15.6 Å². The highest BCUT2D eigenvalue weighted by Gasteiger charge is 2.26. The van der Waals surface area contributed by atoms with E-state index in [0.717, 1.165) is 31.4 Å². The molecule has 21 heavy (non-hydrogen) atoms. The Morgan fingerprint density at radius 2 is 2.10 bits per heavy atom. The molecule has 7 heteroatoms. The van der Waals surface area contributed by atoms with Gasteiger partial charge in [0.1, 0.15) is 0 Å². The molecule has 122 valence electrons. The number of nitrogens with zero attached hydrogens (tertiary/aromatic N) is 2. The average molecular weight is 316 g/mol. The van der Waals surface area contributed by atoms with Crippen LogP contribution in [0.4, 0.5) is 0 Å². The van der Waals surface area contributed by atoms with Crippen molar-refractivity contribution < 1.29 is 9.00 Å². The normalized spacial score (nSPS) is 24.3. The molecule has 6 nitrogen and oxygen atoms in total. The molecular weight excluding hydrogens is 288 g/mol. The summed E-state index contributed by atoms with van der Waals surface area (Å²) in [6.07, 6.45) is 4.09. The minimum atomic E-state index is -0.729. The number of aliphatic imine (C=N–C) groups is 1. The molecular formula is C14H28N4O2S. The van der Waals surface area contributed by atoms with E-state index >= 15 is 0 Å². The van der Waals surface area contributed by atoms with Crippen LogP contribution < -0.4 is 10.6 Å². The molecule has 1 aliphatic rings. The molecule has 3 unspecified atom stereocenters. The van der Waals surface area contributed by atoms with Gasteiger partial charge in [0.15, 0.2) is 5.96 Å². The maximum absolute atomic E-state index is 11.9. The lowest BCUT2D eigenvalue weighted by Gasteiger charge is -2.30. The summed E-state index contributed by atoms with van der Waals surface area (Å²) in [5.41, 5.74) is 0. The third-order valence-electron chi connectivity index (χ3n) is 3.75. The molecule has 0 bridgehead atoms. The summed E-state index contributed by atoms with van der Waals surface area (Å²) in [6.45, 7) is 2.20. The first-order valence-electron chi connectivity index (χ1n) is 7.52. The number of nitrogens with one attached hydrogen (secondary N) is 2. The topological polar surface area (TPSA) is 73.8 Å². The lowest BCUT2D eigenvalue weighted by Crippen LogP contribution is -2.48. The Kier molecular flexibility index (Phi) is 7.71. The fourth-order valence-corrected chi connectivity index (χ4v) is 3.80. The van der Waals surface area contributed by atoms with Crippen molar-refractivity contribution >= 4 is 22.7 Å².